The van der Waals surface area contributed by atoms with E-state index in [0.29, 0.717) is 48.3 Å². The van der Waals surface area contributed by atoms with Gasteiger partial charge in [-0.25, -0.2) is 18.6 Å². The van der Waals surface area contributed by atoms with E-state index in [2.05, 4.69) is 17.2 Å². The molecule has 9 heteroatoms. The van der Waals surface area contributed by atoms with Crippen molar-refractivity contribution in [2.75, 3.05) is 43.0 Å². The van der Waals surface area contributed by atoms with Gasteiger partial charge in [-0.2, -0.15) is 0 Å². The van der Waals surface area contributed by atoms with Crippen molar-refractivity contribution in [2.45, 2.75) is 19.8 Å². The minimum Gasteiger partial charge on any atom is -0.494 e. The number of ether oxygens (including phenoxy) is 1. The first-order valence-electron chi connectivity index (χ1n) is 10.3. The monoisotopic (exact) mass is 446 g/mol. The third-order valence-corrected chi connectivity index (χ3v) is 6.17. The van der Waals surface area contributed by atoms with Crippen molar-refractivity contribution in [1.82, 2.24) is 9.88 Å². The Kier molecular flexibility index (Phi) is 6.50. The number of thiazole rings is 1. The number of urea groups is 1. The standard InChI is InChI=1S/C22H24F2N4O2S/c1-2-3-12-30-17-6-4-16(5-7-17)25-21(29)27-8-10-28(11-9-27)22-26-20-18(24)13-15(23)14-19(20)31-22/h4-7,13-14H,2-3,8-12H2,1H3,(H,25,29). The summed E-state index contributed by atoms with van der Waals surface area (Å²) >= 11 is 1.26. The average molecular weight is 447 g/mol. The van der Waals surface area contributed by atoms with Crippen LogP contribution in [0.15, 0.2) is 36.4 Å². The van der Waals surface area contributed by atoms with Crippen molar-refractivity contribution in [3.05, 3.63) is 48.0 Å². The number of amides is 2. The number of hydrogen-bond acceptors (Lipinski definition) is 5. The molecule has 2 heterocycles. The lowest BCUT2D eigenvalue weighted by Gasteiger charge is -2.34. The summed E-state index contributed by atoms with van der Waals surface area (Å²) in [5, 5.41) is 3.54. The Bertz CT molecular complexity index is 1050. The Morgan fingerprint density at radius 3 is 2.61 bits per heavy atom. The van der Waals surface area contributed by atoms with Gasteiger partial charge in [0.05, 0.1) is 11.3 Å². The zero-order valence-corrected chi connectivity index (χ0v) is 18.1. The Morgan fingerprint density at radius 2 is 1.90 bits per heavy atom. The van der Waals surface area contributed by atoms with Crippen LogP contribution in [0.1, 0.15) is 19.8 Å². The summed E-state index contributed by atoms with van der Waals surface area (Å²) < 4.78 is 33.5. The van der Waals surface area contributed by atoms with Crippen molar-refractivity contribution >= 4 is 38.4 Å². The van der Waals surface area contributed by atoms with Crippen LogP contribution in [0.5, 0.6) is 5.75 Å². The highest BCUT2D eigenvalue weighted by molar-refractivity contribution is 7.22. The summed E-state index contributed by atoms with van der Waals surface area (Å²) in [5.74, 6) is -0.480. The van der Waals surface area contributed by atoms with E-state index in [1.807, 2.05) is 29.2 Å². The second-order valence-electron chi connectivity index (χ2n) is 7.36. The zero-order chi connectivity index (χ0) is 21.8. The lowest BCUT2D eigenvalue weighted by atomic mass is 10.3. The molecule has 1 fully saturated rings. The van der Waals surface area contributed by atoms with E-state index in [1.165, 1.54) is 17.4 Å². The van der Waals surface area contributed by atoms with Gasteiger partial charge in [-0.1, -0.05) is 24.7 Å². The molecule has 2 amide bonds. The number of nitrogens with zero attached hydrogens (tertiary/aromatic N) is 3. The number of unbranched alkanes of at least 4 members (excludes halogenated alkanes) is 1. The first kappa shape index (κ1) is 21.3. The number of carbonyl (C=O) groups excluding carboxylic acids is 1. The number of aromatic nitrogens is 1. The molecule has 3 aromatic rings. The molecule has 0 bridgehead atoms. The average Bonchev–Trinajstić information content (AvgIpc) is 3.20. The normalized spacial score (nSPS) is 14.2. The van der Waals surface area contributed by atoms with E-state index >= 15 is 0 Å². The maximum absolute atomic E-state index is 13.9. The predicted molar refractivity (Wildman–Crippen MR) is 119 cm³/mol. The lowest BCUT2D eigenvalue weighted by Crippen LogP contribution is -2.50. The predicted octanol–water partition coefficient (Wildman–Crippen LogP) is 5.11. The molecule has 1 aliphatic rings. The van der Waals surface area contributed by atoms with Crippen molar-refractivity contribution in [3.63, 3.8) is 0 Å². The number of fused-ring (bicyclic) bond motifs is 1. The van der Waals surface area contributed by atoms with Gasteiger partial charge in [0, 0.05) is 37.9 Å². The number of anilines is 2. The van der Waals surface area contributed by atoms with Gasteiger partial charge in [0.2, 0.25) is 0 Å². The number of nitrogens with one attached hydrogen (secondary N) is 1. The molecule has 6 nitrogen and oxygen atoms in total. The third kappa shape index (κ3) is 5.04. The summed E-state index contributed by atoms with van der Waals surface area (Å²) in [7, 11) is 0. The quantitative estimate of drug-likeness (QED) is 0.535. The summed E-state index contributed by atoms with van der Waals surface area (Å²) in [6.07, 6.45) is 2.09. The number of piperazine rings is 1. The maximum atomic E-state index is 13.9. The van der Waals surface area contributed by atoms with Crippen molar-refractivity contribution in [3.8, 4) is 5.75 Å². The summed E-state index contributed by atoms with van der Waals surface area (Å²) in [6, 6.07) is 9.31. The second-order valence-corrected chi connectivity index (χ2v) is 8.37. The molecule has 0 radical (unpaired) electrons. The van der Waals surface area contributed by atoms with Gasteiger partial charge in [-0.3, -0.25) is 0 Å². The number of hydrogen-bond donors (Lipinski definition) is 1. The van der Waals surface area contributed by atoms with Crippen molar-refractivity contribution < 1.29 is 18.3 Å². The second kappa shape index (κ2) is 9.47. The fourth-order valence-corrected chi connectivity index (χ4v) is 4.41. The molecule has 31 heavy (non-hydrogen) atoms. The van der Waals surface area contributed by atoms with Gasteiger partial charge >= 0.3 is 6.03 Å². The van der Waals surface area contributed by atoms with Crippen LogP contribution < -0.4 is 15.0 Å². The van der Waals surface area contributed by atoms with Crippen LogP contribution in [0.3, 0.4) is 0 Å². The van der Waals surface area contributed by atoms with Gasteiger partial charge in [-0.15, -0.1) is 0 Å². The van der Waals surface area contributed by atoms with Crippen LogP contribution in [-0.4, -0.2) is 48.7 Å². The zero-order valence-electron chi connectivity index (χ0n) is 17.2. The van der Waals surface area contributed by atoms with Crippen LogP contribution in [0, 0.1) is 11.6 Å². The molecular weight excluding hydrogens is 422 g/mol. The molecule has 164 valence electrons. The number of carbonyl (C=O) groups is 1. The highest BCUT2D eigenvalue weighted by Crippen LogP contribution is 2.31. The Balaban J connectivity index is 1.31. The summed E-state index contributed by atoms with van der Waals surface area (Å²) in [5.41, 5.74) is 0.891. The Morgan fingerprint density at radius 1 is 1.16 bits per heavy atom. The fourth-order valence-electron chi connectivity index (χ4n) is 3.35. The molecule has 1 saturated heterocycles. The van der Waals surface area contributed by atoms with Crippen LogP contribution in [-0.2, 0) is 0 Å². The first-order chi connectivity index (χ1) is 15.0. The minimum atomic E-state index is -0.655. The smallest absolute Gasteiger partial charge is 0.321 e. The van der Waals surface area contributed by atoms with Crippen molar-refractivity contribution in [2.24, 2.45) is 0 Å². The molecule has 0 unspecified atom stereocenters. The largest absolute Gasteiger partial charge is 0.494 e. The molecule has 1 aliphatic heterocycles. The van der Waals surface area contributed by atoms with Gasteiger partial charge in [-0.05, 0) is 36.8 Å². The Hall–Kier alpha value is -2.94. The van der Waals surface area contributed by atoms with Crippen LogP contribution in [0.4, 0.5) is 24.4 Å². The number of rotatable bonds is 6. The van der Waals surface area contributed by atoms with Crippen LogP contribution in [0.2, 0.25) is 0 Å². The first-order valence-corrected chi connectivity index (χ1v) is 11.1. The molecule has 0 aliphatic carbocycles. The van der Waals surface area contributed by atoms with E-state index in [4.69, 9.17) is 4.74 Å². The molecule has 0 atom stereocenters. The molecule has 4 rings (SSSR count). The number of benzene rings is 2. The van der Waals surface area contributed by atoms with Crippen LogP contribution >= 0.6 is 11.3 Å². The molecule has 0 spiro atoms. The molecule has 0 saturated carbocycles. The van der Waals surface area contributed by atoms with Gasteiger partial charge in [0.15, 0.2) is 10.9 Å². The van der Waals surface area contributed by atoms with Gasteiger partial charge in [0.25, 0.3) is 0 Å². The highest BCUT2D eigenvalue weighted by Gasteiger charge is 2.24. The van der Waals surface area contributed by atoms with E-state index in [-0.39, 0.29) is 11.5 Å². The molecule has 1 N–H and O–H groups in total. The van der Waals surface area contributed by atoms with Gasteiger partial charge < -0.3 is 19.9 Å². The van der Waals surface area contributed by atoms with Crippen LogP contribution in [0.25, 0.3) is 10.2 Å². The maximum Gasteiger partial charge on any atom is 0.321 e. The molecule has 2 aromatic carbocycles. The van der Waals surface area contributed by atoms with E-state index in [0.717, 1.165) is 24.7 Å². The topological polar surface area (TPSA) is 57.7 Å². The number of halogens is 2. The summed E-state index contributed by atoms with van der Waals surface area (Å²) in [6.45, 7) is 4.96. The molecule has 1 aromatic heterocycles. The third-order valence-electron chi connectivity index (χ3n) is 5.11. The van der Waals surface area contributed by atoms with Gasteiger partial charge in [0.1, 0.15) is 17.1 Å². The molecular formula is C22H24F2N4O2S. The Labute approximate surface area is 183 Å². The van der Waals surface area contributed by atoms with E-state index in [9.17, 15) is 13.6 Å². The SMILES string of the molecule is CCCCOc1ccc(NC(=O)N2CCN(c3nc4c(F)cc(F)cc4s3)CC2)cc1. The summed E-state index contributed by atoms with van der Waals surface area (Å²) in [4.78, 5) is 20.6. The minimum absolute atomic E-state index is 0.170. The fraction of sp³-hybridized carbons (Fsp3) is 0.364. The van der Waals surface area contributed by atoms with Crippen molar-refractivity contribution in [1.29, 1.82) is 0 Å². The van der Waals surface area contributed by atoms with E-state index in [1.54, 1.807) is 4.90 Å². The van der Waals surface area contributed by atoms with E-state index < -0.39 is 11.6 Å². The highest BCUT2D eigenvalue weighted by atomic mass is 32.1. The lowest BCUT2D eigenvalue weighted by molar-refractivity contribution is 0.208.